The van der Waals surface area contributed by atoms with Crippen LogP contribution in [0.3, 0.4) is 0 Å². The van der Waals surface area contributed by atoms with Crippen molar-refractivity contribution in [2.75, 3.05) is 13.1 Å². The van der Waals surface area contributed by atoms with Crippen molar-refractivity contribution in [3.8, 4) is 0 Å². The molecule has 1 aliphatic rings. The molecule has 2 N–H and O–H groups in total. The molecule has 2 heterocycles. The van der Waals surface area contributed by atoms with E-state index in [2.05, 4.69) is 20.6 Å². The van der Waals surface area contributed by atoms with Gasteiger partial charge in [0.25, 0.3) is 0 Å². The van der Waals surface area contributed by atoms with E-state index in [1.54, 1.807) is 18.6 Å². The smallest absolute Gasteiger partial charge is 0.0724 e. The van der Waals surface area contributed by atoms with Crippen LogP contribution in [0.2, 0.25) is 0 Å². The lowest BCUT2D eigenvalue weighted by atomic mass is 10.2. The zero-order valence-electron chi connectivity index (χ0n) is 8.65. The fraction of sp³-hybridized carbons (Fsp3) is 0.600. The first kappa shape index (κ1) is 12.4. The van der Waals surface area contributed by atoms with Gasteiger partial charge in [0.15, 0.2) is 0 Å². The number of nitrogens with zero attached hydrogens (tertiary/aromatic N) is 2. The number of hydrogen-bond donors (Lipinski definition) is 2. The Morgan fingerprint density at radius 2 is 2.40 bits per heavy atom. The van der Waals surface area contributed by atoms with Crippen molar-refractivity contribution in [1.29, 1.82) is 0 Å². The van der Waals surface area contributed by atoms with Crippen LogP contribution in [0.25, 0.3) is 0 Å². The van der Waals surface area contributed by atoms with Gasteiger partial charge in [0.2, 0.25) is 0 Å². The molecule has 1 aromatic rings. The zero-order chi connectivity index (χ0) is 9.64. The molecule has 0 aromatic carbocycles. The Bertz CT molecular complexity index is 261. The number of nitrogens with one attached hydrogen (secondary N) is 2. The van der Waals surface area contributed by atoms with E-state index in [1.165, 1.54) is 12.8 Å². The van der Waals surface area contributed by atoms with Gasteiger partial charge < -0.3 is 10.6 Å². The zero-order valence-corrected chi connectivity index (χ0v) is 9.46. The minimum atomic E-state index is 0. The summed E-state index contributed by atoms with van der Waals surface area (Å²) in [4.78, 5) is 8.21. The highest BCUT2D eigenvalue weighted by Gasteiger charge is 2.12. The Labute approximate surface area is 96.3 Å². The third-order valence-corrected chi connectivity index (χ3v) is 2.48. The molecule has 1 aliphatic heterocycles. The van der Waals surface area contributed by atoms with Crippen LogP contribution >= 0.6 is 12.4 Å². The summed E-state index contributed by atoms with van der Waals surface area (Å²) in [5.41, 5.74) is 1.01. The monoisotopic (exact) mass is 228 g/mol. The average Bonchev–Trinajstić information content (AvgIpc) is 2.72. The summed E-state index contributed by atoms with van der Waals surface area (Å²) in [6.07, 6.45) is 7.81. The van der Waals surface area contributed by atoms with Crippen LogP contribution in [0.5, 0.6) is 0 Å². The highest BCUT2D eigenvalue weighted by atomic mass is 35.5. The molecule has 4 nitrogen and oxygen atoms in total. The van der Waals surface area contributed by atoms with Crippen molar-refractivity contribution in [1.82, 2.24) is 20.6 Å². The molecule has 0 saturated carbocycles. The Morgan fingerprint density at radius 1 is 1.47 bits per heavy atom. The summed E-state index contributed by atoms with van der Waals surface area (Å²) < 4.78 is 0. The fourth-order valence-electron chi connectivity index (χ4n) is 1.73. The van der Waals surface area contributed by atoms with E-state index in [9.17, 15) is 0 Å². The molecule has 0 radical (unpaired) electrons. The second-order valence-electron chi connectivity index (χ2n) is 3.62. The van der Waals surface area contributed by atoms with Crippen molar-refractivity contribution in [2.24, 2.45) is 0 Å². The quantitative estimate of drug-likeness (QED) is 0.798. The summed E-state index contributed by atoms with van der Waals surface area (Å²) in [6.45, 7) is 3.00. The molecule has 0 spiro atoms. The topological polar surface area (TPSA) is 49.8 Å². The third kappa shape index (κ3) is 4.11. The van der Waals surface area contributed by atoms with Crippen LogP contribution in [0.15, 0.2) is 18.6 Å². The SMILES string of the molecule is Cl.c1cnc(CNCC2CCCN2)cn1. The van der Waals surface area contributed by atoms with Crippen molar-refractivity contribution in [3.63, 3.8) is 0 Å². The third-order valence-electron chi connectivity index (χ3n) is 2.48. The minimum Gasteiger partial charge on any atom is -0.313 e. The summed E-state index contributed by atoms with van der Waals surface area (Å²) in [5, 5.41) is 6.82. The largest absolute Gasteiger partial charge is 0.313 e. The van der Waals surface area contributed by atoms with E-state index in [0.717, 1.165) is 25.3 Å². The van der Waals surface area contributed by atoms with Gasteiger partial charge in [-0.15, -0.1) is 12.4 Å². The van der Waals surface area contributed by atoms with Gasteiger partial charge in [-0.2, -0.15) is 0 Å². The van der Waals surface area contributed by atoms with Crippen molar-refractivity contribution >= 4 is 12.4 Å². The summed E-state index contributed by atoms with van der Waals surface area (Å²) in [7, 11) is 0. The second-order valence-corrected chi connectivity index (χ2v) is 3.62. The van der Waals surface area contributed by atoms with Crippen molar-refractivity contribution < 1.29 is 0 Å². The molecule has 0 bridgehead atoms. The van der Waals surface area contributed by atoms with Gasteiger partial charge in [0.1, 0.15) is 0 Å². The van der Waals surface area contributed by atoms with Gasteiger partial charge >= 0.3 is 0 Å². The molecule has 1 atom stereocenters. The number of aromatic nitrogens is 2. The maximum absolute atomic E-state index is 4.20. The van der Waals surface area contributed by atoms with Gasteiger partial charge in [-0.25, -0.2) is 0 Å². The molecule has 1 aromatic heterocycles. The van der Waals surface area contributed by atoms with Gasteiger partial charge in [0.05, 0.1) is 5.69 Å². The lowest BCUT2D eigenvalue weighted by Gasteiger charge is -2.10. The lowest BCUT2D eigenvalue weighted by Crippen LogP contribution is -2.33. The van der Waals surface area contributed by atoms with Crippen LogP contribution in [0.1, 0.15) is 18.5 Å². The standard InChI is InChI=1S/C10H16N4.ClH/c1-2-9(13-3-1)6-12-8-10-7-11-4-5-14-10;/h4-5,7,9,12-13H,1-3,6,8H2;1H. The van der Waals surface area contributed by atoms with E-state index < -0.39 is 0 Å². The molecule has 1 fully saturated rings. The van der Waals surface area contributed by atoms with Gasteiger partial charge in [0, 0.05) is 37.7 Å². The molecular weight excluding hydrogens is 212 g/mol. The van der Waals surface area contributed by atoms with Gasteiger partial charge in [-0.1, -0.05) is 0 Å². The van der Waals surface area contributed by atoms with Crippen LogP contribution < -0.4 is 10.6 Å². The molecule has 84 valence electrons. The molecule has 1 unspecified atom stereocenters. The summed E-state index contributed by atoms with van der Waals surface area (Å²) in [5.74, 6) is 0. The van der Waals surface area contributed by atoms with E-state index in [4.69, 9.17) is 0 Å². The molecule has 5 heteroatoms. The van der Waals surface area contributed by atoms with E-state index >= 15 is 0 Å². The van der Waals surface area contributed by atoms with Crippen LogP contribution in [-0.4, -0.2) is 29.1 Å². The van der Waals surface area contributed by atoms with Crippen molar-refractivity contribution in [2.45, 2.75) is 25.4 Å². The number of hydrogen-bond acceptors (Lipinski definition) is 4. The normalized spacial score (nSPS) is 19.9. The van der Waals surface area contributed by atoms with Crippen molar-refractivity contribution in [3.05, 3.63) is 24.3 Å². The van der Waals surface area contributed by atoms with Gasteiger partial charge in [-0.05, 0) is 19.4 Å². The predicted octanol–water partition coefficient (Wildman–Crippen LogP) is 0.740. The molecule has 15 heavy (non-hydrogen) atoms. The maximum Gasteiger partial charge on any atom is 0.0724 e. The number of rotatable bonds is 4. The molecular formula is C10H17ClN4. The average molecular weight is 229 g/mol. The van der Waals surface area contributed by atoms with E-state index in [-0.39, 0.29) is 12.4 Å². The summed E-state index contributed by atoms with van der Waals surface area (Å²) >= 11 is 0. The van der Waals surface area contributed by atoms with E-state index in [0.29, 0.717) is 6.04 Å². The summed E-state index contributed by atoms with van der Waals surface area (Å²) in [6, 6.07) is 0.645. The first-order valence-corrected chi connectivity index (χ1v) is 5.14. The first-order valence-electron chi connectivity index (χ1n) is 5.14. The number of halogens is 1. The Balaban J connectivity index is 0.00000112. The second kappa shape index (κ2) is 6.71. The minimum absolute atomic E-state index is 0. The Hall–Kier alpha value is -0.710. The molecule has 2 rings (SSSR count). The maximum atomic E-state index is 4.20. The molecule has 0 amide bonds. The highest BCUT2D eigenvalue weighted by Crippen LogP contribution is 2.03. The predicted molar refractivity (Wildman–Crippen MR) is 62.0 cm³/mol. The highest BCUT2D eigenvalue weighted by molar-refractivity contribution is 5.85. The molecule has 1 saturated heterocycles. The first-order chi connectivity index (χ1) is 6.95. The molecule has 0 aliphatic carbocycles. The fourth-order valence-corrected chi connectivity index (χ4v) is 1.73. The van der Waals surface area contributed by atoms with E-state index in [1.807, 2.05) is 0 Å². The Kier molecular flexibility index (Phi) is 5.53. The van der Waals surface area contributed by atoms with Gasteiger partial charge in [-0.3, -0.25) is 9.97 Å². The van der Waals surface area contributed by atoms with Crippen LogP contribution in [-0.2, 0) is 6.54 Å². The lowest BCUT2D eigenvalue weighted by molar-refractivity contribution is 0.532. The van der Waals surface area contributed by atoms with Crippen LogP contribution in [0, 0.1) is 0 Å². The van der Waals surface area contributed by atoms with Crippen LogP contribution in [0.4, 0.5) is 0 Å². The Morgan fingerprint density at radius 3 is 3.07 bits per heavy atom.